The van der Waals surface area contributed by atoms with E-state index < -0.39 is 0 Å². The van der Waals surface area contributed by atoms with Gasteiger partial charge in [-0.3, -0.25) is 0 Å². The summed E-state index contributed by atoms with van der Waals surface area (Å²) in [6.45, 7) is 3.73. The highest BCUT2D eigenvalue weighted by atomic mass is 16.5. The fourth-order valence-electron chi connectivity index (χ4n) is 2.03. The number of hydrogen-bond acceptors (Lipinski definition) is 5. The lowest BCUT2D eigenvalue weighted by Gasteiger charge is -2.11. The number of anilines is 1. The minimum absolute atomic E-state index is 0.539. The number of methoxy groups -OCH3 is 1. The maximum absolute atomic E-state index is 5.71. The summed E-state index contributed by atoms with van der Waals surface area (Å²) in [4.78, 5) is 0. The van der Waals surface area contributed by atoms with Crippen LogP contribution in [0.25, 0.3) is 0 Å². The lowest BCUT2D eigenvalue weighted by Crippen LogP contribution is -2.06. The van der Waals surface area contributed by atoms with Gasteiger partial charge in [-0.05, 0) is 43.3 Å². The molecule has 2 N–H and O–H groups in total. The Morgan fingerprint density at radius 1 is 0.826 bits per heavy atom. The first-order valence-corrected chi connectivity index (χ1v) is 7.65. The molecule has 124 valence electrons. The highest BCUT2D eigenvalue weighted by Gasteiger charge is 2.04. The van der Waals surface area contributed by atoms with Crippen LogP contribution in [0.1, 0.15) is 13.3 Å². The Morgan fingerprint density at radius 3 is 2.13 bits per heavy atom. The average molecular weight is 317 g/mol. The van der Waals surface area contributed by atoms with Crippen LogP contribution in [-0.2, 0) is 0 Å². The summed E-state index contributed by atoms with van der Waals surface area (Å²) in [6.07, 6.45) is 0.765. The lowest BCUT2D eigenvalue weighted by atomic mass is 10.3. The van der Waals surface area contributed by atoms with Crippen molar-refractivity contribution in [3.63, 3.8) is 0 Å². The molecule has 0 heterocycles. The molecule has 23 heavy (non-hydrogen) atoms. The molecule has 2 aromatic rings. The molecule has 0 saturated carbocycles. The maximum Gasteiger partial charge on any atom is 0.162 e. The van der Waals surface area contributed by atoms with Crippen LogP contribution in [0.2, 0.25) is 0 Å². The molecule has 0 radical (unpaired) electrons. The summed E-state index contributed by atoms with van der Waals surface area (Å²) in [5.41, 5.74) is 6.36. The first kappa shape index (κ1) is 16.8. The third-order valence-electron chi connectivity index (χ3n) is 3.14. The molecule has 0 fully saturated rings. The summed E-state index contributed by atoms with van der Waals surface area (Å²) in [6, 6.07) is 12.9. The van der Waals surface area contributed by atoms with Crippen molar-refractivity contribution < 1.29 is 18.9 Å². The molecule has 0 aliphatic heterocycles. The smallest absolute Gasteiger partial charge is 0.162 e. The molecular weight excluding hydrogens is 294 g/mol. The third kappa shape index (κ3) is 5.29. The number of nitrogen functional groups attached to an aromatic ring is 1. The van der Waals surface area contributed by atoms with Crippen molar-refractivity contribution >= 4 is 5.69 Å². The first-order valence-electron chi connectivity index (χ1n) is 7.65. The molecule has 0 aliphatic rings. The predicted molar refractivity (Wildman–Crippen MR) is 90.6 cm³/mol. The molecule has 5 heteroatoms. The molecule has 0 bridgehead atoms. The van der Waals surface area contributed by atoms with Crippen molar-refractivity contribution in [3.8, 4) is 23.0 Å². The van der Waals surface area contributed by atoms with Gasteiger partial charge in [0.25, 0.3) is 0 Å². The Balaban J connectivity index is 1.71. The summed E-state index contributed by atoms with van der Waals surface area (Å²) in [5.74, 6) is 2.98. The number of hydrogen-bond donors (Lipinski definition) is 1. The quantitative estimate of drug-likeness (QED) is 0.566. The lowest BCUT2D eigenvalue weighted by molar-refractivity contribution is 0.240. The normalized spacial score (nSPS) is 10.2. The molecule has 2 rings (SSSR count). The molecule has 0 saturated heterocycles. The molecule has 0 amide bonds. The van der Waals surface area contributed by atoms with Crippen molar-refractivity contribution in [2.24, 2.45) is 0 Å². The van der Waals surface area contributed by atoms with Gasteiger partial charge < -0.3 is 24.7 Å². The van der Waals surface area contributed by atoms with E-state index in [0.29, 0.717) is 37.0 Å². The second-order valence-corrected chi connectivity index (χ2v) is 4.87. The molecule has 0 aliphatic carbocycles. The van der Waals surface area contributed by atoms with Crippen molar-refractivity contribution in [2.75, 3.05) is 32.7 Å². The Bertz CT molecular complexity index is 598. The highest BCUT2D eigenvalue weighted by molar-refractivity contribution is 5.51. The van der Waals surface area contributed by atoms with Gasteiger partial charge in [0, 0.05) is 18.2 Å². The largest absolute Gasteiger partial charge is 0.494 e. The Hall–Kier alpha value is -2.56. The maximum atomic E-state index is 5.71. The van der Waals surface area contributed by atoms with Gasteiger partial charge in [-0.1, -0.05) is 0 Å². The Kier molecular flexibility index (Phi) is 6.41. The van der Waals surface area contributed by atoms with Crippen LogP contribution < -0.4 is 24.7 Å². The van der Waals surface area contributed by atoms with Crippen LogP contribution in [0, 0.1) is 0 Å². The van der Waals surface area contributed by atoms with Crippen LogP contribution in [-0.4, -0.2) is 26.9 Å². The van der Waals surface area contributed by atoms with Gasteiger partial charge in [-0.25, -0.2) is 0 Å². The van der Waals surface area contributed by atoms with E-state index in [4.69, 9.17) is 24.7 Å². The zero-order valence-electron chi connectivity index (χ0n) is 13.6. The minimum Gasteiger partial charge on any atom is -0.494 e. The minimum atomic E-state index is 0.539. The Morgan fingerprint density at radius 2 is 1.48 bits per heavy atom. The van der Waals surface area contributed by atoms with E-state index in [9.17, 15) is 0 Å². The Labute approximate surface area is 136 Å². The van der Waals surface area contributed by atoms with Crippen molar-refractivity contribution in [1.29, 1.82) is 0 Å². The highest BCUT2D eigenvalue weighted by Crippen LogP contribution is 2.29. The fraction of sp³-hybridized carbons (Fsp3) is 0.333. The monoisotopic (exact) mass is 317 g/mol. The van der Waals surface area contributed by atoms with Crippen molar-refractivity contribution in [3.05, 3.63) is 42.5 Å². The van der Waals surface area contributed by atoms with Gasteiger partial charge in [0.2, 0.25) is 0 Å². The van der Waals surface area contributed by atoms with Gasteiger partial charge in [-0.15, -0.1) is 0 Å². The van der Waals surface area contributed by atoms with E-state index in [1.165, 1.54) is 0 Å². The van der Waals surface area contributed by atoms with Crippen LogP contribution >= 0.6 is 0 Å². The van der Waals surface area contributed by atoms with E-state index >= 15 is 0 Å². The first-order chi connectivity index (χ1) is 11.2. The molecule has 0 unspecified atom stereocenters. The van der Waals surface area contributed by atoms with E-state index in [0.717, 1.165) is 17.9 Å². The summed E-state index contributed by atoms with van der Waals surface area (Å²) in [7, 11) is 1.59. The molecule has 0 spiro atoms. The summed E-state index contributed by atoms with van der Waals surface area (Å²) < 4.78 is 22.0. The predicted octanol–water partition coefficient (Wildman–Crippen LogP) is 3.52. The number of rotatable bonds is 9. The van der Waals surface area contributed by atoms with Gasteiger partial charge in [0.1, 0.15) is 11.5 Å². The van der Waals surface area contributed by atoms with E-state index in [2.05, 4.69) is 0 Å². The van der Waals surface area contributed by atoms with Crippen LogP contribution in [0.3, 0.4) is 0 Å². The zero-order chi connectivity index (χ0) is 16.5. The fourth-order valence-corrected chi connectivity index (χ4v) is 2.03. The summed E-state index contributed by atoms with van der Waals surface area (Å²) in [5, 5.41) is 0. The standard InChI is InChI=1S/C18H23NO4/c1-3-21-15-6-8-16(9-7-15)22-11-4-12-23-17-10-5-14(19)13-18(17)20-2/h5-10,13H,3-4,11-12,19H2,1-2H3. The van der Waals surface area contributed by atoms with E-state index in [1.807, 2.05) is 37.3 Å². The van der Waals surface area contributed by atoms with Crippen LogP contribution in [0.5, 0.6) is 23.0 Å². The molecule has 0 atom stereocenters. The van der Waals surface area contributed by atoms with E-state index in [-0.39, 0.29) is 0 Å². The SMILES string of the molecule is CCOc1ccc(OCCCOc2ccc(N)cc2OC)cc1. The molecule has 0 aromatic heterocycles. The second-order valence-electron chi connectivity index (χ2n) is 4.87. The molecule has 2 aromatic carbocycles. The van der Waals surface area contributed by atoms with Gasteiger partial charge in [-0.2, -0.15) is 0 Å². The van der Waals surface area contributed by atoms with E-state index in [1.54, 1.807) is 19.2 Å². The number of ether oxygens (including phenoxy) is 4. The average Bonchev–Trinajstić information content (AvgIpc) is 2.57. The molecule has 5 nitrogen and oxygen atoms in total. The topological polar surface area (TPSA) is 62.9 Å². The van der Waals surface area contributed by atoms with Gasteiger partial charge in [0.05, 0.1) is 26.9 Å². The van der Waals surface area contributed by atoms with Crippen LogP contribution in [0.4, 0.5) is 5.69 Å². The summed E-state index contributed by atoms with van der Waals surface area (Å²) >= 11 is 0. The van der Waals surface area contributed by atoms with Gasteiger partial charge in [0.15, 0.2) is 11.5 Å². The number of benzene rings is 2. The molecular formula is C18H23NO4. The van der Waals surface area contributed by atoms with Crippen LogP contribution in [0.15, 0.2) is 42.5 Å². The zero-order valence-corrected chi connectivity index (χ0v) is 13.6. The number of nitrogens with two attached hydrogens (primary N) is 1. The third-order valence-corrected chi connectivity index (χ3v) is 3.14. The van der Waals surface area contributed by atoms with Crippen molar-refractivity contribution in [2.45, 2.75) is 13.3 Å². The second kappa shape index (κ2) is 8.78. The van der Waals surface area contributed by atoms with Gasteiger partial charge >= 0.3 is 0 Å². The van der Waals surface area contributed by atoms with Crippen molar-refractivity contribution in [1.82, 2.24) is 0 Å².